The number of aliphatic hydroxyl groups is 1. The first-order valence-electron chi connectivity index (χ1n) is 6.93. The minimum Gasteiger partial charge on any atom is -0.497 e. The number of methoxy groups -OCH3 is 1. The predicted molar refractivity (Wildman–Crippen MR) is 76.3 cm³/mol. The summed E-state index contributed by atoms with van der Waals surface area (Å²) < 4.78 is 16.0. The van der Waals surface area contributed by atoms with Gasteiger partial charge >= 0.3 is 0 Å². The molecule has 20 heavy (non-hydrogen) atoms. The van der Waals surface area contributed by atoms with Crippen LogP contribution < -0.4 is 9.47 Å². The Balaban J connectivity index is 1.65. The Morgan fingerprint density at radius 1 is 1.25 bits per heavy atom. The van der Waals surface area contributed by atoms with Gasteiger partial charge in [0.2, 0.25) is 0 Å². The normalized spacial score (nSPS) is 22.2. The van der Waals surface area contributed by atoms with Crippen molar-refractivity contribution in [2.45, 2.75) is 18.6 Å². The van der Waals surface area contributed by atoms with Crippen molar-refractivity contribution in [3.8, 4) is 11.5 Å². The Bertz CT molecular complexity index is 395. The molecule has 5 nitrogen and oxygen atoms in total. The maximum atomic E-state index is 9.73. The van der Waals surface area contributed by atoms with E-state index in [1.54, 1.807) is 7.11 Å². The third-order valence-corrected chi connectivity index (χ3v) is 3.57. The first-order chi connectivity index (χ1) is 9.70. The van der Waals surface area contributed by atoms with Crippen LogP contribution in [0.15, 0.2) is 24.3 Å². The number of ether oxygens (including phenoxy) is 3. The minimum absolute atomic E-state index is 0.107. The van der Waals surface area contributed by atoms with Crippen LogP contribution in [-0.2, 0) is 4.74 Å². The lowest BCUT2D eigenvalue weighted by molar-refractivity contribution is 0.0928. The molecule has 0 aliphatic carbocycles. The number of rotatable bonds is 7. The van der Waals surface area contributed by atoms with Gasteiger partial charge in [0.15, 0.2) is 0 Å². The van der Waals surface area contributed by atoms with Crippen molar-refractivity contribution >= 4 is 0 Å². The lowest BCUT2D eigenvalue weighted by Gasteiger charge is -2.25. The van der Waals surface area contributed by atoms with E-state index in [1.165, 1.54) is 0 Å². The second kappa shape index (κ2) is 7.47. The first kappa shape index (κ1) is 15.1. The molecule has 0 saturated carbocycles. The first-order valence-corrected chi connectivity index (χ1v) is 6.93. The van der Waals surface area contributed by atoms with Gasteiger partial charge in [-0.15, -0.1) is 0 Å². The molecular weight excluding hydrogens is 258 g/mol. The fourth-order valence-electron chi connectivity index (χ4n) is 2.29. The largest absolute Gasteiger partial charge is 0.497 e. The lowest BCUT2D eigenvalue weighted by atomic mass is 10.2. The molecule has 2 rings (SSSR count). The van der Waals surface area contributed by atoms with Crippen LogP contribution in [0.25, 0.3) is 0 Å². The summed E-state index contributed by atoms with van der Waals surface area (Å²) in [7, 11) is 3.66. The molecule has 1 saturated heterocycles. The van der Waals surface area contributed by atoms with Gasteiger partial charge in [0, 0.05) is 6.54 Å². The Labute approximate surface area is 120 Å². The van der Waals surface area contributed by atoms with E-state index in [4.69, 9.17) is 14.2 Å². The lowest BCUT2D eigenvalue weighted by Crippen LogP contribution is -2.41. The van der Waals surface area contributed by atoms with Gasteiger partial charge in [-0.2, -0.15) is 0 Å². The second-order valence-electron chi connectivity index (χ2n) is 5.03. The quantitative estimate of drug-likeness (QED) is 0.760. The Kier molecular flexibility index (Phi) is 5.64. The average Bonchev–Trinajstić information content (AvgIpc) is 2.90. The van der Waals surface area contributed by atoms with Crippen LogP contribution in [0.4, 0.5) is 0 Å². The topological polar surface area (TPSA) is 51.2 Å². The van der Waals surface area contributed by atoms with E-state index in [1.807, 2.05) is 31.3 Å². The van der Waals surface area contributed by atoms with Crippen LogP contribution in [0.5, 0.6) is 11.5 Å². The van der Waals surface area contributed by atoms with Gasteiger partial charge in [0.05, 0.1) is 39.1 Å². The monoisotopic (exact) mass is 281 g/mol. The SMILES string of the molecule is COc1ccc(OCCCN(C)[C@H]2COC[C@@H]2O)cc1. The van der Waals surface area contributed by atoms with Crippen LogP contribution in [0.3, 0.4) is 0 Å². The molecule has 0 bridgehead atoms. The zero-order valence-electron chi connectivity index (χ0n) is 12.1. The molecule has 1 N–H and O–H groups in total. The maximum absolute atomic E-state index is 9.73. The molecule has 112 valence electrons. The van der Waals surface area contributed by atoms with Gasteiger partial charge in [-0.1, -0.05) is 0 Å². The van der Waals surface area contributed by atoms with Crippen LogP contribution in [-0.4, -0.2) is 62.7 Å². The van der Waals surface area contributed by atoms with Crippen LogP contribution in [0.1, 0.15) is 6.42 Å². The van der Waals surface area contributed by atoms with E-state index in [-0.39, 0.29) is 12.1 Å². The summed E-state index contributed by atoms with van der Waals surface area (Å²) in [5.74, 6) is 1.67. The maximum Gasteiger partial charge on any atom is 0.119 e. The van der Waals surface area contributed by atoms with Gasteiger partial charge < -0.3 is 19.3 Å². The predicted octanol–water partition coefficient (Wildman–Crippen LogP) is 1.16. The number of hydrogen-bond acceptors (Lipinski definition) is 5. The molecule has 2 atom stereocenters. The Morgan fingerprint density at radius 3 is 2.55 bits per heavy atom. The molecule has 1 aromatic rings. The van der Waals surface area contributed by atoms with Gasteiger partial charge in [-0.25, -0.2) is 0 Å². The molecule has 1 heterocycles. The van der Waals surface area contributed by atoms with Crippen molar-refractivity contribution in [2.75, 3.05) is 40.5 Å². The van der Waals surface area contributed by atoms with Crippen LogP contribution >= 0.6 is 0 Å². The van der Waals surface area contributed by atoms with Crippen molar-refractivity contribution in [2.24, 2.45) is 0 Å². The Morgan fingerprint density at radius 2 is 1.95 bits per heavy atom. The molecule has 0 radical (unpaired) electrons. The molecule has 1 aliphatic heterocycles. The number of aliphatic hydroxyl groups excluding tert-OH is 1. The molecule has 0 unspecified atom stereocenters. The van der Waals surface area contributed by atoms with E-state index in [9.17, 15) is 5.11 Å². The zero-order valence-corrected chi connectivity index (χ0v) is 12.1. The van der Waals surface area contributed by atoms with E-state index in [2.05, 4.69) is 4.90 Å². The van der Waals surface area contributed by atoms with Crippen LogP contribution in [0, 0.1) is 0 Å². The van der Waals surface area contributed by atoms with Crippen molar-refractivity contribution in [1.29, 1.82) is 0 Å². The minimum atomic E-state index is -0.373. The third-order valence-electron chi connectivity index (χ3n) is 3.57. The highest BCUT2D eigenvalue weighted by molar-refractivity contribution is 5.31. The number of hydrogen-bond donors (Lipinski definition) is 1. The number of likely N-dealkylation sites (N-methyl/N-ethyl adjacent to an activating group) is 1. The molecule has 1 aliphatic rings. The highest BCUT2D eigenvalue weighted by Gasteiger charge is 2.29. The van der Waals surface area contributed by atoms with Gasteiger partial charge in [0.1, 0.15) is 11.5 Å². The van der Waals surface area contributed by atoms with Crippen molar-refractivity contribution in [3.05, 3.63) is 24.3 Å². The van der Waals surface area contributed by atoms with Gasteiger partial charge in [-0.05, 0) is 37.7 Å². The third kappa shape index (κ3) is 4.10. The van der Waals surface area contributed by atoms with Gasteiger partial charge in [-0.3, -0.25) is 4.90 Å². The summed E-state index contributed by atoms with van der Waals surface area (Å²) in [5, 5.41) is 9.73. The van der Waals surface area contributed by atoms with E-state index in [0.29, 0.717) is 19.8 Å². The summed E-state index contributed by atoms with van der Waals surface area (Å²) in [4.78, 5) is 2.13. The fraction of sp³-hybridized carbons (Fsp3) is 0.600. The van der Waals surface area contributed by atoms with E-state index < -0.39 is 0 Å². The molecular formula is C15H23NO4. The van der Waals surface area contributed by atoms with Gasteiger partial charge in [0.25, 0.3) is 0 Å². The molecule has 1 fully saturated rings. The highest BCUT2D eigenvalue weighted by atomic mass is 16.5. The van der Waals surface area contributed by atoms with Crippen molar-refractivity contribution < 1.29 is 19.3 Å². The van der Waals surface area contributed by atoms with Crippen molar-refractivity contribution in [1.82, 2.24) is 4.90 Å². The molecule has 0 spiro atoms. The molecule has 5 heteroatoms. The summed E-state index contributed by atoms with van der Waals surface area (Å²) in [6.45, 7) is 2.58. The standard InChI is InChI=1S/C15H23NO4/c1-16(14-10-19-11-15(14)17)8-3-9-20-13-6-4-12(18-2)5-7-13/h4-7,14-15,17H,3,8-11H2,1-2H3/t14-,15-/m0/s1. The van der Waals surface area contributed by atoms with E-state index >= 15 is 0 Å². The summed E-state index contributed by atoms with van der Waals surface area (Å²) >= 11 is 0. The molecule has 1 aromatic carbocycles. The summed E-state index contributed by atoms with van der Waals surface area (Å²) in [5.41, 5.74) is 0. The molecule has 0 amide bonds. The van der Waals surface area contributed by atoms with Crippen LogP contribution in [0.2, 0.25) is 0 Å². The smallest absolute Gasteiger partial charge is 0.119 e. The average molecular weight is 281 g/mol. The zero-order chi connectivity index (χ0) is 14.4. The number of benzene rings is 1. The number of nitrogens with zero attached hydrogens (tertiary/aromatic N) is 1. The van der Waals surface area contributed by atoms with E-state index in [0.717, 1.165) is 24.5 Å². The highest BCUT2D eigenvalue weighted by Crippen LogP contribution is 2.17. The second-order valence-corrected chi connectivity index (χ2v) is 5.03. The molecule has 0 aromatic heterocycles. The fourth-order valence-corrected chi connectivity index (χ4v) is 2.29. The van der Waals surface area contributed by atoms with Crippen molar-refractivity contribution in [3.63, 3.8) is 0 Å². The summed E-state index contributed by atoms with van der Waals surface area (Å²) in [6.07, 6.45) is 0.536. The Hall–Kier alpha value is -1.30. The summed E-state index contributed by atoms with van der Waals surface area (Å²) in [6, 6.07) is 7.67.